The van der Waals surface area contributed by atoms with Gasteiger partial charge in [0.05, 0.1) is 11.8 Å². The van der Waals surface area contributed by atoms with E-state index in [9.17, 15) is 9.59 Å². The van der Waals surface area contributed by atoms with E-state index in [1.54, 1.807) is 22.8 Å². The van der Waals surface area contributed by atoms with E-state index in [1.807, 2.05) is 51.3 Å². The maximum absolute atomic E-state index is 13.0. The fourth-order valence-corrected chi connectivity index (χ4v) is 3.74. The van der Waals surface area contributed by atoms with E-state index < -0.39 is 5.60 Å². The average molecular weight is 456 g/mol. The van der Waals surface area contributed by atoms with Crippen LogP contribution in [0.5, 0.6) is 0 Å². The second-order valence-electron chi connectivity index (χ2n) is 8.37. The maximum Gasteiger partial charge on any atom is 0.306 e. The lowest BCUT2D eigenvalue weighted by atomic mass is 10.1. The number of ketones is 1. The van der Waals surface area contributed by atoms with E-state index in [0.29, 0.717) is 35.6 Å². The lowest BCUT2D eigenvalue weighted by Crippen LogP contribution is -2.31. The van der Waals surface area contributed by atoms with Gasteiger partial charge in [-0.25, -0.2) is 9.50 Å². The summed E-state index contributed by atoms with van der Waals surface area (Å²) in [4.78, 5) is 29.7. The van der Waals surface area contributed by atoms with E-state index >= 15 is 0 Å². The van der Waals surface area contributed by atoms with E-state index in [1.165, 1.54) is 11.8 Å². The lowest BCUT2D eigenvalue weighted by Gasteiger charge is -2.21. The molecule has 0 aliphatic heterocycles. The molecule has 3 N–H and O–H groups in total. The second kappa shape index (κ2) is 10.1. The fourth-order valence-electron chi connectivity index (χ4n) is 3.20. The highest BCUT2D eigenvalue weighted by atomic mass is 32.2. The molecule has 8 nitrogen and oxygen atoms in total. The maximum atomic E-state index is 13.0. The zero-order valence-corrected chi connectivity index (χ0v) is 19.6. The summed E-state index contributed by atoms with van der Waals surface area (Å²) in [5, 5.41) is 8.50. The van der Waals surface area contributed by atoms with Crippen LogP contribution in [0.15, 0.2) is 47.6 Å². The van der Waals surface area contributed by atoms with Gasteiger partial charge in [0, 0.05) is 30.6 Å². The van der Waals surface area contributed by atoms with Crippen LogP contribution in [-0.2, 0) is 9.53 Å². The highest BCUT2D eigenvalue weighted by Crippen LogP contribution is 2.24. The summed E-state index contributed by atoms with van der Waals surface area (Å²) in [6.45, 7) is 5.84. The number of anilines is 1. The minimum atomic E-state index is -0.522. The molecule has 3 rings (SSSR count). The van der Waals surface area contributed by atoms with Crippen molar-refractivity contribution in [1.82, 2.24) is 14.6 Å². The lowest BCUT2D eigenvalue weighted by molar-refractivity contribution is -0.154. The van der Waals surface area contributed by atoms with Gasteiger partial charge in [0.2, 0.25) is 0 Å². The minimum Gasteiger partial charge on any atom is -0.460 e. The highest BCUT2D eigenvalue weighted by Gasteiger charge is 2.20. The third kappa shape index (κ3) is 5.86. The Bertz CT molecular complexity index is 1090. The molecule has 1 atom stereocenters. The Hall–Kier alpha value is -2.91. The van der Waals surface area contributed by atoms with Crippen LogP contribution in [0.25, 0.3) is 5.65 Å². The number of fused-ring (bicyclic) bond motifs is 1. The van der Waals surface area contributed by atoms with Crippen LogP contribution < -0.4 is 11.1 Å². The van der Waals surface area contributed by atoms with E-state index in [0.717, 1.165) is 5.03 Å². The molecule has 1 aromatic carbocycles. The van der Waals surface area contributed by atoms with Crippen molar-refractivity contribution in [3.8, 4) is 0 Å². The molecule has 3 aromatic rings. The van der Waals surface area contributed by atoms with Gasteiger partial charge < -0.3 is 15.8 Å². The third-order valence-electron chi connectivity index (χ3n) is 4.68. The number of esters is 1. The summed E-state index contributed by atoms with van der Waals surface area (Å²) in [5.74, 6) is 0.166. The van der Waals surface area contributed by atoms with Crippen LogP contribution in [0, 0.1) is 0 Å². The Morgan fingerprint density at radius 1 is 1.25 bits per heavy atom. The molecular weight excluding hydrogens is 426 g/mol. The predicted octanol–water partition coefficient (Wildman–Crippen LogP) is 3.54. The van der Waals surface area contributed by atoms with Gasteiger partial charge in [0.15, 0.2) is 11.4 Å². The molecular formula is C23H29N5O3S. The first-order valence-corrected chi connectivity index (χ1v) is 11.6. The first kappa shape index (κ1) is 23.7. The number of thioether (sulfide) groups is 1. The summed E-state index contributed by atoms with van der Waals surface area (Å²) < 4.78 is 7.03. The fraction of sp³-hybridized carbons (Fsp3) is 0.391. The molecule has 0 radical (unpaired) electrons. The Balaban J connectivity index is 1.83. The van der Waals surface area contributed by atoms with Gasteiger partial charge in [-0.15, -0.1) is 11.8 Å². The Kier molecular flexibility index (Phi) is 7.52. The SMILES string of the molecule is CSc1cc(N[C@H](CN)CCC(=O)OC(C)(C)C)nc2c(C(=O)c3ccccc3)cnn12. The quantitative estimate of drug-likeness (QED) is 0.218. The van der Waals surface area contributed by atoms with E-state index in [4.69, 9.17) is 10.5 Å². The summed E-state index contributed by atoms with van der Waals surface area (Å²) in [5.41, 5.74) is 6.88. The molecule has 0 bridgehead atoms. The molecule has 2 heterocycles. The summed E-state index contributed by atoms with van der Waals surface area (Å²) in [6.07, 6.45) is 4.22. The van der Waals surface area contributed by atoms with Crippen molar-refractivity contribution in [2.45, 2.75) is 50.3 Å². The van der Waals surface area contributed by atoms with E-state index in [-0.39, 0.29) is 24.2 Å². The van der Waals surface area contributed by atoms with Gasteiger partial charge in [0.1, 0.15) is 16.4 Å². The van der Waals surface area contributed by atoms with Gasteiger partial charge in [0.25, 0.3) is 0 Å². The van der Waals surface area contributed by atoms with Crippen LogP contribution in [0.3, 0.4) is 0 Å². The third-order valence-corrected chi connectivity index (χ3v) is 5.39. The molecule has 32 heavy (non-hydrogen) atoms. The number of hydrogen-bond donors (Lipinski definition) is 2. The number of rotatable bonds is 9. The molecule has 0 unspecified atom stereocenters. The van der Waals surface area contributed by atoms with Crippen molar-refractivity contribution >= 4 is 35.0 Å². The van der Waals surface area contributed by atoms with Crippen LogP contribution in [-0.4, -0.2) is 50.8 Å². The number of carbonyl (C=O) groups is 2. The minimum absolute atomic E-state index is 0.141. The summed E-state index contributed by atoms with van der Waals surface area (Å²) in [6, 6.07) is 10.7. The normalized spacial score (nSPS) is 12.5. The van der Waals surface area contributed by atoms with E-state index in [2.05, 4.69) is 15.4 Å². The number of nitrogens with two attached hydrogens (primary N) is 1. The van der Waals surface area contributed by atoms with Gasteiger partial charge >= 0.3 is 5.97 Å². The van der Waals surface area contributed by atoms with Crippen molar-refractivity contribution < 1.29 is 14.3 Å². The number of hydrogen-bond acceptors (Lipinski definition) is 8. The zero-order valence-electron chi connectivity index (χ0n) is 18.8. The molecule has 0 spiro atoms. The molecule has 0 aliphatic carbocycles. The van der Waals surface area contributed by atoms with Crippen molar-refractivity contribution in [3.05, 3.63) is 53.7 Å². The average Bonchev–Trinajstić information content (AvgIpc) is 3.18. The number of nitrogens with one attached hydrogen (secondary N) is 1. The van der Waals surface area contributed by atoms with Crippen LogP contribution in [0.2, 0.25) is 0 Å². The molecule has 0 saturated carbocycles. The monoisotopic (exact) mass is 455 g/mol. The van der Waals surface area contributed by atoms with Crippen LogP contribution in [0.4, 0.5) is 5.82 Å². The molecule has 2 aromatic heterocycles. The number of nitrogens with zero attached hydrogens (tertiary/aromatic N) is 3. The molecule has 170 valence electrons. The van der Waals surface area contributed by atoms with Gasteiger partial charge in [-0.05, 0) is 33.4 Å². The number of benzene rings is 1. The van der Waals surface area contributed by atoms with Crippen molar-refractivity contribution in [2.24, 2.45) is 5.73 Å². The first-order chi connectivity index (χ1) is 15.2. The molecule has 0 aliphatic rings. The van der Waals surface area contributed by atoms with Crippen molar-refractivity contribution in [1.29, 1.82) is 0 Å². The smallest absolute Gasteiger partial charge is 0.306 e. The van der Waals surface area contributed by atoms with Crippen molar-refractivity contribution in [2.75, 3.05) is 18.1 Å². The number of aromatic nitrogens is 3. The number of ether oxygens (including phenoxy) is 1. The Labute approximate surface area is 191 Å². The molecule has 9 heteroatoms. The second-order valence-corrected chi connectivity index (χ2v) is 9.20. The molecule has 0 amide bonds. The molecule has 0 saturated heterocycles. The van der Waals surface area contributed by atoms with Gasteiger partial charge in [-0.1, -0.05) is 30.3 Å². The largest absolute Gasteiger partial charge is 0.460 e. The highest BCUT2D eigenvalue weighted by molar-refractivity contribution is 7.98. The van der Waals surface area contributed by atoms with Gasteiger partial charge in [-0.2, -0.15) is 5.10 Å². The van der Waals surface area contributed by atoms with Crippen molar-refractivity contribution in [3.63, 3.8) is 0 Å². The van der Waals surface area contributed by atoms with Gasteiger partial charge in [-0.3, -0.25) is 9.59 Å². The summed E-state index contributed by atoms with van der Waals surface area (Å²) >= 11 is 1.50. The zero-order chi connectivity index (χ0) is 23.3. The standard InChI is InChI=1S/C23H29N5O3S/c1-23(2,3)31-20(29)11-10-16(13-24)26-18-12-19(32-4)28-22(27-18)17(14-25-28)21(30)15-8-6-5-7-9-15/h5-9,12,14,16H,10-11,13,24H2,1-4H3,(H,26,27)/t16-/m0/s1. The van der Waals surface area contributed by atoms with Crippen LogP contribution >= 0.6 is 11.8 Å². The topological polar surface area (TPSA) is 112 Å². The van der Waals surface area contributed by atoms with Crippen LogP contribution in [0.1, 0.15) is 49.5 Å². The summed E-state index contributed by atoms with van der Waals surface area (Å²) in [7, 11) is 0. The first-order valence-electron chi connectivity index (χ1n) is 10.4. The Morgan fingerprint density at radius 3 is 2.59 bits per heavy atom. The Morgan fingerprint density at radius 2 is 1.97 bits per heavy atom. The molecule has 0 fully saturated rings. The number of carbonyl (C=O) groups excluding carboxylic acids is 2. The predicted molar refractivity (Wildman–Crippen MR) is 126 cm³/mol.